The summed E-state index contributed by atoms with van der Waals surface area (Å²) < 4.78 is 4.98. The number of rotatable bonds is 5. The summed E-state index contributed by atoms with van der Waals surface area (Å²) in [7, 11) is 0. The molecule has 5 heteroatoms. The molecule has 0 aliphatic rings. The fraction of sp³-hybridized carbons (Fsp3) is 0.111. The highest BCUT2D eigenvalue weighted by Crippen LogP contribution is 2.21. The van der Waals surface area contributed by atoms with Crippen molar-refractivity contribution in [1.29, 1.82) is 0 Å². The highest BCUT2D eigenvalue weighted by atomic mass is 16.5. The van der Waals surface area contributed by atoms with Crippen LogP contribution >= 0.6 is 0 Å². The summed E-state index contributed by atoms with van der Waals surface area (Å²) >= 11 is 0. The number of hydrogen-bond acceptors (Lipinski definition) is 4. The van der Waals surface area contributed by atoms with Crippen LogP contribution in [0.25, 0.3) is 0 Å². The second-order valence-electron chi connectivity index (χ2n) is 5.17. The first-order valence-corrected chi connectivity index (χ1v) is 7.33. The lowest BCUT2D eigenvalue weighted by molar-refractivity contribution is -0.117. The molecule has 1 heterocycles. The van der Waals surface area contributed by atoms with E-state index in [0.717, 1.165) is 11.3 Å². The monoisotopic (exact) mass is 307 g/mol. The van der Waals surface area contributed by atoms with Crippen molar-refractivity contribution in [2.75, 3.05) is 10.6 Å². The zero-order valence-electron chi connectivity index (χ0n) is 12.7. The first-order valence-electron chi connectivity index (χ1n) is 7.33. The second kappa shape index (κ2) is 6.79. The van der Waals surface area contributed by atoms with Gasteiger partial charge in [0.25, 0.3) is 5.91 Å². The summed E-state index contributed by atoms with van der Waals surface area (Å²) in [6.07, 6.45) is 0. The Morgan fingerprint density at radius 1 is 1.04 bits per heavy atom. The fourth-order valence-corrected chi connectivity index (χ4v) is 2.27. The van der Waals surface area contributed by atoms with Gasteiger partial charge in [0.1, 0.15) is 11.8 Å². The van der Waals surface area contributed by atoms with Gasteiger partial charge >= 0.3 is 0 Å². The summed E-state index contributed by atoms with van der Waals surface area (Å²) in [5, 5.41) is 9.83. The van der Waals surface area contributed by atoms with Crippen LogP contribution in [0, 0.1) is 6.92 Å². The van der Waals surface area contributed by atoms with Gasteiger partial charge in [0, 0.05) is 11.8 Å². The quantitative estimate of drug-likeness (QED) is 0.753. The van der Waals surface area contributed by atoms with E-state index in [-0.39, 0.29) is 5.91 Å². The molecule has 3 rings (SSSR count). The molecule has 1 amide bonds. The van der Waals surface area contributed by atoms with Gasteiger partial charge in [-0.3, -0.25) is 4.79 Å². The molecular weight excluding hydrogens is 290 g/mol. The summed E-state index contributed by atoms with van der Waals surface area (Å²) in [5.41, 5.74) is 1.74. The molecule has 0 fully saturated rings. The van der Waals surface area contributed by atoms with Crippen LogP contribution in [-0.4, -0.2) is 11.1 Å². The number of aromatic nitrogens is 1. The van der Waals surface area contributed by atoms with Crippen LogP contribution in [0.2, 0.25) is 0 Å². The molecule has 0 saturated carbocycles. The minimum absolute atomic E-state index is 0.201. The lowest BCUT2D eigenvalue weighted by atomic mass is 10.1. The van der Waals surface area contributed by atoms with Gasteiger partial charge in [0.2, 0.25) is 0 Å². The van der Waals surface area contributed by atoms with Crippen molar-refractivity contribution in [2.24, 2.45) is 0 Å². The summed E-state index contributed by atoms with van der Waals surface area (Å²) in [5.74, 6) is 0.851. The molecule has 0 saturated heterocycles. The van der Waals surface area contributed by atoms with E-state index in [1.54, 1.807) is 13.0 Å². The van der Waals surface area contributed by atoms with Gasteiger partial charge < -0.3 is 15.2 Å². The molecule has 116 valence electrons. The van der Waals surface area contributed by atoms with Crippen LogP contribution < -0.4 is 10.6 Å². The van der Waals surface area contributed by atoms with E-state index in [1.165, 1.54) is 0 Å². The number of para-hydroxylation sites is 1. The van der Waals surface area contributed by atoms with Crippen molar-refractivity contribution >= 4 is 17.4 Å². The average Bonchev–Trinajstić information content (AvgIpc) is 2.99. The first kappa shape index (κ1) is 14.8. The SMILES string of the molecule is Cc1cc(NC(=O)[C@H](Nc2ccccc2)c2ccccc2)no1. The largest absolute Gasteiger partial charge is 0.370 e. The predicted molar refractivity (Wildman–Crippen MR) is 89.1 cm³/mol. The van der Waals surface area contributed by atoms with E-state index in [9.17, 15) is 4.79 Å². The van der Waals surface area contributed by atoms with Crippen LogP contribution in [0.4, 0.5) is 11.5 Å². The van der Waals surface area contributed by atoms with Crippen LogP contribution in [0.15, 0.2) is 71.3 Å². The number of hydrogen-bond donors (Lipinski definition) is 2. The summed E-state index contributed by atoms with van der Waals surface area (Å²) in [6.45, 7) is 1.78. The molecule has 0 bridgehead atoms. The number of nitrogens with one attached hydrogen (secondary N) is 2. The Labute approximate surface area is 134 Å². The predicted octanol–water partition coefficient (Wildman–Crippen LogP) is 3.77. The Kier molecular flexibility index (Phi) is 4.38. The molecule has 2 aromatic carbocycles. The zero-order valence-corrected chi connectivity index (χ0v) is 12.7. The van der Waals surface area contributed by atoms with Crippen LogP contribution in [0.5, 0.6) is 0 Å². The number of carbonyl (C=O) groups excluding carboxylic acids is 1. The minimum atomic E-state index is -0.532. The van der Waals surface area contributed by atoms with Gasteiger partial charge in [-0.1, -0.05) is 53.7 Å². The van der Waals surface area contributed by atoms with E-state index in [1.807, 2.05) is 60.7 Å². The summed E-state index contributed by atoms with van der Waals surface area (Å²) in [4.78, 5) is 12.7. The van der Waals surface area contributed by atoms with Crippen molar-refractivity contribution in [3.63, 3.8) is 0 Å². The molecule has 23 heavy (non-hydrogen) atoms. The van der Waals surface area contributed by atoms with Crippen molar-refractivity contribution in [3.8, 4) is 0 Å². The third kappa shape index (κ3) is 3.77. The second-order valence-corrected chi connectivity index (χ2v) is 5.17. The van der Waals surface area contributed by atoms with Crippen molar-refractivity contribution in [1.82, 2.24) is 5.16 Å². The average molecular weight is 307 g/mol. The lowest BCUT2D eigenvalue weighted by Crippen LogP contribution is -2.27. The number of aryl methyl sites for hydroxylation is 1. The van der Waals surface area contributed by atoms with E-state index >= 15 is 0 Å². The number of anilines is 2. The maximum Gasteiger partial charge on any atom is 0.252 e. The minimum Gasteiger partial charge on any atom is -0.370 e. The molecule has 0 aliphatic carbocycles. The molecule has 3 aromatic rings. The van der Waals surface area contributed by atoms with E-state index in [0.29, 0.717) is 11.6 Å². The number of carbonyl (C=O) groups is 1. The molecule has 2 N–H and O–H groups in total. The first-order chi connectivity index (χ1) is 11.2. The maximum atomic E-state index is 12.7. The van der Waals surface area contributed by atoms with Crippen LogP contribution in [0.1, 0.15) is 17.4 Å². The summed E-state index contributed by atoms with van der Waals surface area (Å²) in [6, 6.07) is 20.3. The Morgan fingerprint density at radius 3 is 2.30 bits per heavy atom. The molecule has 0 unspecified atom stereocenters. The van der Waals surface area contributed by atoms with Gasteiger partial charge in [-0.05, 0) is 24.6 Å². The fourth-order valence-electron chi connectivity index (χ4n) is 2.27. The third-order valence-corrected chi connectivity index (χ3v) is 3.36. The zero-order chi connectivity index (χ0) is 16.1. The Hall–Kier alpha value is -3.08. The van der Waals surface area contributed by atoms with E-state index < -0.39 is 6.04 Å². The number of nitrogens with zero attached hydrogens (tertiary/aromatic N) is 1. The Balaban J connectivity index is 1.84. The molecule has 0 radical (unpaired) electrons. The van der Waals surface area contributed by atoms with Crippen molar-refractivity contribution in [3.05, 3.63) is 78.1 Å². The van der Waals surface area contributed by atoms with Gasteiger partial charge in [-0.2, -0.15) is 0 Å². The molecular formula is C18H17N3O2. The maximum absolute atomic E-state index is 12.7. The third-order valence-electron chi connectivity index (χ3n) is 3.36. The Morgan fingerprint density at radius 2 is 1.70 bits per heavy atom. The normalized spacial score (nSPS) is 11.7. The van der Waals surface area contributed by atoms with Crippen LogP contribution in [0.3, 0.4) is 0 Å². The standard InChI is InChI=1S/C18H17N3O2/c1-13-12-16(21-23-13)20-18(22)17(14-8-4-2-5-9-14)19-15-10-6-3-7-11-15/h2-12,17,19H,1H3,(H,20,21,22)/t17-/m1/s1. The molecule has 5 nitrogen and oxygen atoms in total. The van der Waals surface area contributed by atoms with Crippen LogP contribution in [-0.2, 0) is 4.79 Å². The molecule has 0 aliphatic heterocycles. The Bertz CT molecular complexity index is 769. The molecule has 0 spiro atoms. The van der Waals surface area contributed by atoms with E-state index in [4.69, 9.17) is 4.52 Å². The smallest absolute Gasteiger partial charge is 0.252 e. The van der Waals surface area contributed by atoms with Gasteiger partial charge in [0.05, 0.1) is 0 Å². The topological polar surface area (TPSA) is 67.2 Å². The van der Waals surface area contributed by atoms with Gasteiger partial charge in [-0.25, -0.2) is 0 Å². The lowest BCUT2D eigenvalue weighted by Gasteiger charge is -2.19. The number of benzene rings is 2. The highest BCUT2D eigenvalue weighted by Gasteiger charge is 2.21. The van der Waals surface area contributed by atoms with Gasteiger partial charge in [0.15, 0.2) is 5.82 Å². The van der Waals surface area contributed by atoms with Crippen molar-refractivity contribution in [2.45, 2.75) is 13.0 Å². The highest BCUT2D eigenvalue weighted by molar-refractivity contribution is 5.96. The van der Waals surface area contributed by atoms with E-state index in [2.05, 4.69) is 15.8 Å². The van der Waals surface area contributed by atoms with Crippen molar-refractivity contribution < 1.29 is 9.32 Å². The molecule has 1 aromatic heterocycles. The molecule has 1 atom stereocenters. The van der Waals surface area contributed by atoms with Gasteiger partial charge in [-0.15, -0.1) is 0 Å². The number of amides is 1.